The van der Waals surface area contributed by atoms with Gasteiger partial charge < -0.3 is 14.8 Å². The third kappa shape index (κ3) is 7.28. The van der Waals surface area contributed by atoms with Crippen molar-refractivity contribution >= 4 is 11.9 Å². The van der Waals surface area contributed by atoms with Crippen molar-refractivity contribution in [3.63, 3.8) is 0 Å². The first-order valence-corrected chi connectivity index (χ1v) is 7.81. The normalized spacial score (nSPS) is 14.0. The predicted octanol–water partition coefficient (Wildman–Crippen LogP) is 2.69. The van der Waals surface area contributed by atoms with Gasteiger partial charge in [0.1, 0.15) is 12.6 Å². The lowest BCUT2D eigenvalue weighted by atomic mass is 9.88. The van der Waals surface area contributed by atoms with Gasteiger partial charge in [-0.3, -0.25) is 4.79 Å². The van der Waals surface area contributed by atoms with Gasteiger partial charge in [0, 0.05) is 0 Å². The summed E-state index contributed by atoms with van der Waals surface area (Å²) in [6.07, 6.45) is -0.310. The molecule has 1 unspecified atom stereocenters. The summed E-state index contributed by atoms with van der Waals surface area (Å²) < 4.78 is 10.4. The van der Waals surface area contributed by atoms with E-state index >= 15 is 0 Å². The van der Waals surface area contributed by atoms with Gasteiger partial charge in [0.05, 0.1) is 0 Å². The minimum atomic E-state index is -0.929. The summed E-state index contributed by atoms with van der Waals surface area (Å²) >= 11 is 0. The van der Waals surface area contributed by atoms with Crippen LogP contribution in [-0.2, 0) is 25.7 Å². The Balaban J connectivity index is 2.48. The van der Waals surface area contributed by atoms with Gasteiger partial charge >= 0.3 is 11.9 Å². The molecular formula is C18H27NO4. The molecule has 0 radical (unpaired) electrons. The zero-order valence-corrected chi connectivity index (χ0v) is 14.6. The summed E-state index contributed by atoms with van der Waals surface area (Å²) in [6.45, 7) is 7.82. The van der Waals surface area contributed by atoms with E-state index in [1.54, 1.807) is 7.05 Å². The Kier molecular flexibility index (Phi) is 7.23. The Morgan fingerprint density at radius 3 is 2.26 bits per heavy atom. The van der Waals surface area contributed by atoms with Crippen LogP contribution in [0.3, 0.4) is 0 Å². The molecule has 1 rings (SSSR count). The van der Waals surface area contributed by atoms with E-state index in [0.29, 0.717) is 6.42 Å². The number of hydrogen-bond acceptors (Lipinski definition) is 5. The molecule has 0 heterocycles. The lowest BCUT2D eigenvalue weighted by Gasteiger charge is -2.25. The Hall–Kier alpha value is -1.88. The molecule has 0 saturated carbocycles. The molecule has 0 aliphatic heterocycles. The van der Waals surface area contributed by atoms with Gasteiger partial charge in [-0.15, -0.1) is 0 Å². The number of rotatable bonds is 7. The fourth-order valence-electron chi connectivity index (χ4n) is 2.07. The van der Waals surface area contributed by atoms with Crippen molar-refractivity contribution in [3.8, 4) is 0 Å². The smallest absolute Gasteiger partial charge is 0.347 e. The van der Waals surface area contributed by atoms with Crippen LogP contribution < -0.4 is 5.32 Å². The molecular weight excluding hydrogens is 294 g/mol. The molecule has 2 atom stereocenters. The third-order valence-corrected chi connectivity index (χ3v) is 3.30. The Bertz CT molecular complexity index is 508. The van der Waals surface area contributed by atoms with Crippen LogP contribution in [0.4, 0.5) is 0 Å². The number of hydrogen-bond donors (Lipinski definition) is 1. The summed E-state index contributed by atoms with van der Waals surface area (Å²) in [4.78, 5) is 24.1. The van der Waals surface area contributed by atoms with E-state index in [-0.39, 0.29) is 12.0 Å². The number of ether oxygens (including phenoxy) is 2. The van der Waals surface area contributed by atoms with E-state index < -0.39 is 24.1 Å². The Labute approximate surface area is 138 Å². The van der Waals surface area contributed by atoms with Crippen molar-refractivity contribution in [2.75, 3.05) is 7.05 Å². The lowest BCUT2D eigenvalue weighted by molar-refractivity contribution is -0.169. The van der Waals surface area contributed by atoms with Crippen molar-refractivity contribution in [3.05, 3.63) is 35.9 Å². The molecule has 0 spiro atoms. The molecule has 0 aromatic heterocycles. The highest BCUT2D eigenvalue weighted by Gasteiger charge is 2.28. The Morgan fingerprint density at radius 1 is 1.13 bits per heavy atom. The highest BCUT2D eigenvalue weighted by molar-refractivity contribution is 5.81. The minimum Gasteiger partial charge on any atom is -0.458 e. The summed E-state index contributed by atoms with van der Waals surface area (Å²) in [7, 11) is 1.70. The van der Waals surface area contributed by atoms with E-state index in [9.17, 15) is 9.59 Å². The molecule has 0 amide bonds. The van der Waals surface area contributed by atoms with E-state index in [1.165, 1.54) is 6.92 Å². The predicted molar refractivity (Wildman–Crippen MR) is 88.7 cm³/mol. The maximum atomic E-state index is 12.1. The SMILES string of the molecule is CN[C@@H](CC(C)(C)C)C(=O)OC(C)C(=O)OCc1ccccc1. The van der Waals surface area contributed by atoms with Crippen LogP contribution in [0.25, 0.3) is 0 Å². The average molecular weight is 321 g/mol. The van der Waals surface area contributed by atoms with Gasteiger partial charge in [-0.25, -0.2) is 4.79 Å². The fraction of sp³-hybridized carbons (Fsp3) is 0.556. The van der Waals surface area contributed by atoms with Crippen molar-refractivity contribution in [1.82, 2.24) is 5.32 Å². The molecule has 1 N–H and O–H groups in total. The maximum absolute atomic E-state index is 12.1. The van der Waals surface area contributed by atoms with Crippen LogP contribution in [0.2, 0.25) is 0 Å². The maximum Gasteiger partial charge on any atom is 0.347 e. The highest BCUT2D eigenvalue weighted by Crippen LogP contribution is 2.21. The molecule has 0 bridgehead atoms. The molecule has 23 heavy (non-hydrogen) atoms. The van der Waals surface area contributed by atoms with E-state index in [1.807, 2.05) is 51.1 Å². The van der Waals surface area contributed by atoms with Crippen molar-refractivity contribution in [2.45, 2.75) is 52.9 Å². The fourth-order valence-corrected chi connectivity index (χ4v) is 2.07. The monoisotopic (exact) mass is 321 g/mol. The third-order valence-electron chi connectivity index (χ3n) is 3.30. The molecule has 128 valence electrons. The van der Waals surface area contributed by atoms with Crippen LogP contribution in [0.1, 0.15) is 39.7 Å². The van der Waals surface area contributed by atoms with Crippen molar-refractivity contribution < 1.29 is 19.1 Å². The standard InChI is InChI=1S/C18H27NO4/c1-13(16(20)22-12-14-9-7-6-8-10-14)23-17(21)15(19-5)11-18(2,3)4/h6-10,13,15,19H,11-12H2,1-5H3/t13?,15-/m0/s1. The first-order valence-electron chi connectivity index (χ1n) is 7.81. The van der Waals surface area contributed by atoms with Crippen LogP contribution >= 0.6 is 0 Å². The summed E-state index contributed by atoms with van der Waals surface area (Å²) in [5.41, 5.74) is 0.865. The molecule has 5 heteroatoms. The van der Waals surface area contributed by atoms with E-state index in [0.717, 1.165) is 5.56 Å². The molecule has 5 nitrogen and oxygen atoms in total. The number of esters is 2. The quantitative estimate of drug-likeness (QED) is 0.782. The second-order valence-electron chi connectivity index (χ2n) is 6.78. The van der Waals surface area contributed by atoms with Crippen molar-refractivity contribution in [2.24, 2.45) is 5.41 Å². The number of carbonyl (C=O) groups is 2. The average Bonchev–Trinajstić information content (AvgIpc) is 2.50. The molecule has 0 aliphatic rings. The molecule has 0 saturated heterocycles. The second-order valence-corrected chi connectivity index (χ2v) is 6.78. The molecule has 1 aromatic carbocycles. The minimum absolute atomic E-state index is 0.0241. The molecule has 1 aromatic rings. The van der Waals surface area contributed by atoms with E-state index in [4.69, 9.17) is 9.47 Å². The van der Waals surface area contributed by atoms with E-state index in [2.05, 4.69) is 5.32 Å². The first-order chi connectivity index (χ1) is 10.7. The largest absolute Gasteiger partial charge is 0.458 e. The summed E-state index contributed by atoms with van der Waals surface area (Å²) in [5.74, 6) is -0.987. The van der Waals surface area contributed by atoms with Crippen LogP contribution in [-0.4, -0.2) is 31.1 Å². The summed E-state index contributed by atoms with van der Waals surface area (Å²) in [5, 5.41) is 2.93. The first kappa shape index (κ1) is 19.2. The van der Waals surface area contributed by atoms with Crippen LogP contribution in [0.5, 0.6) is 0 Å². The number of carbonyl (C=O) groups excluding carboxylic acids is 2. The number of likely N-dealkylation sites (N-methyl/N-ethyl adjacent to an activating group) is 1. The number of nitrogens with one attached hydrogen (secondary N) is 1. The Morgan fingerprint density at radius 2 is 1.74 bits per heavy atom. The second kappa shape index (κ2) is 8.67. The zero-order valence-electron chi connectivity index (χ0n) is 14.6. The van der Waals surface area contributed by atoms with Crippen molar-refractivity contribution in [1.29, 1.82) is 0 Å². The lowest BCUT2D eigenvalue weighted by Crippen LogP contribution is -2.41. The van der Waals surface area contributed by atoms with Gasteiger partial charge in [-0.2, -0.15) is 0 Å². The summed E-state index contributed by atoms with van der Waals surface area (Å²) in [6, 6.07) is 8.92. The van der Waals surface area contributed by atoms with Gasteiger partial charge in [0.25, 0.3) is 0 Å². The molecule has 0 aliphatic carbocycles. The topological polar surface area (TPSA) is 64.6 Å². The zero-order chi connectivity index (χ0) is 17.5. The van der Waals surface area contributed by atoms with Crippen LogP contribution in [0, 0.1) is 5.41 Å². The molecule has 0 fully saturated rings. The van der Waals surface area contributed by atoms with Gasteiger partial charge in [0.15, 0.2) is 6.10 Å². The number of benzene rings is 1. The van der Waals surface area contributed by atoms with Gasteiger partial charge in [0.2, 0.25) is 0 Å². The van der Waals surface area contributed by atoms with Crippen LogP contribution in [0.15, 0.2) is 30.3 Å². The van der Waals surface area contributed by atoms with Gasteiger partial charge in [-0.1, -0.05) is 51.1 Å². The highest BCUT2D eigenvalue weighted by atomic mass is 16.6. The van der Waals surface area contributed by atoms with Gasteiger partial charge in [-0.05, 0) is 31.4 Å².